The second-order valence-electron chi connectivity index (χ2n) is 5.09. The zero-order valence-corrected chi connectivity index (χ0v) is 12.5. The van der Waals surface area contributed by atoms with Gasteiger partial charge in [0.15, 0.2) is 0 Å². The molecule has 1 aliphatic rings. The molecule has 1 aromatic rings. The smallest absolute Gasteiger partial charge is 0.125 e. The maximum Gasteiger partial charge on any atom is 0.125 e. The third-order valence-corrected chi connectivity index (χ3v) is 3.77. The standard InChI is InChI=1S/C15H21ClFNO2/c1-19-6-4-18-10-11-3-2-5-20-15(11)12-7-13(16)9-14(17)8-12/h7-9,11,15,18H,2-6,10H2,1H3. The summed E-state index contributed by atoms with van der Waals surface area (Å²) in [5.41, 5.74) is 0.827. The van der Waals surface area contributed by atoms with Crippen molar-refractivity contribution in [3.05, 3.63) is 34.6 Å². The van der Waals surface area contributed by atoms with E-state index in [0.717, 1.165) is 31.5 Å². The van der Waals surface area contributed by atoms with Gasteiger partial charge in [-0.25, -0.2) is 4.39 Å². The van der Waals surface area contributed by atoms with Gasteiger partial charge in [-0.2, -0.15) is 0 Å². The average molecular weight is 302 g/mol. The van der Waals surface area contributed by atoms with Crippen molar-refractivity contribution >= 4 is 11.6 Å². The van der Waals surface area contributed by atoms with Crippen molar-refractivity contribution in [3.8, 4) is 0 Å². The number of hydrogen-bond acceptors (Lipinski definition) is 3. The monoisotopic (exact) mass is 301 g/mol. The summed E-state index contributed by atoms with van der Waals surface area (Å²) in [6, 6.07) is 4.63. The fourth-order valence-corrected chi connectivity index (χ4v) is 2.85. The summed E-state index contributed by atoms with van der Waals surface area (Å²) in [6.45, 7) is 3.04. The number of hydrogen-bond donors (Lipinski definition) is 1. The van der Waals surface area contributed by atoms with Crippen LogP contribution in [0.1, 0.15) is 24.5 Å². The molecule has 5 heteroatoms. The molecule has 0 bridgehead atoms. The molecule has 3 nitrogen and oxygen atoms in total. The molecule has 1 aliphatic heterocycles. The van der Waals surface area contributed by atoms with Crippen LogP contribution in [0.3, 0.4) is 0 Å². The lowest BCUT2D eigenvalue weighted by molar-refractivity contribution is -0.0281. The number of rotatable bonds is 6. The molecule has 0 aliphatic carbocycles. The van der Waals surface area contributed by atoms with E-state index in [1.165, 1.54) is 12.1 Å². The Labute approximate surface area is 124 Å². The second kappa shape index (κ2) is 7.93. The molecule has 0 spiro atoms. The topological polar surface area (TPSA) is 30.5 Å². The van der Waals surface area contributed by atoms with Crippen LogP contribution >= 0.6 is 11.6 Å². The average Bonchev–Trinajstić information content (AvgIpc) is 2.43. The summed E-state index contributed by atoms with van der Waals surface area (Å²) < 4.78 is 24.4. The molecule has 2 unspecified atom stereocenters. The van der Waals surface area contributed by atoms with Gasteiger partial charge in [-0.05, 0) is 36.6 Å². The Morgan fingerprint density at radius 3 is 3.05 bits per heavy atom. The fourth-order valence-electron chi connectivity index (χ4n) is 2.62. The molecule has 1 aromatic carbocycles. The minimum absolute atomic E-state index is 0.0907. The molecule has 20 heavy (non-hydrogen) atoms. The highest BCUT2D eigenvalue weighted by atomic mass is 35.5. The van der Waals surface area contributed by atoms with Crippen molar-refractivity contribution in [2.24, 2.45) is 5.92 Å². The largest absolute Gasteiger partial charge is 0.383 e. The number of halogens is 2. The number of methoxy groups -OCH3 is 1. The first-order valence-electron chi connectivity index (χ1n) is 6.98. The Morgan fingerprint density at radius 2 is 2.30 bits per heavy atom. The van der Waals surface area contributed by atoms with Crippen LogP contribution < -0.4 is 5.32 Å². The summed E-state index contributed by atoms with van der Waals surface area (Å²) in [4.78, 5) is 0. The van der Waals surface area contributed by atoms with Gasteiger partial charge in [0.1, 0.15) is 5.82 Å². The third-order valence-electron chi connectivity index (χ3n) is 3.55. The fraction of sp³-hybridized carbons (Fsp3) is 0.600. The number of benzene rings is 1. The van der Waals surface area contributed by atoms with E-state index in [4.69, 9.17) is 21.1 Å². The zero-order valence-electron chi connectivity index (χ0n) is 11.7. The van der Waals surface area contributed by atoms with E-state index in [0.29, 0.717) is 24.2 Å². The van der Waals surface area contributed by atoms with Crippen molar-refractivity contribution in [3.63, 3.8) is 0 Å². The first kappa shape index (κ1) is 15.7. The molecule has 0 radical (unpaired) electrons. The summed E-state index contributed by atoms with van der Waals surface area (Å²) >= 11 is 5.93. The predicted molar refractivity (Wildman–Crippen MR) is 77.6 cm³/mol. The lowest BCUT2D eigenvalue weighted by Gasteiger charge is -2.32. The predicted octanol–water partition coefficient (Wildman–Crippen LogP) is 3.18. The van der Waals surface area contributed by atoms with E-state index in [-0.39, 0.29) is 11.9 Å². The highest BCUT2D eigenvalue weighted by Crippen LogP contribution is 2.34. The van der Waals surface area contributed by atoms with Gasteiger partial charge in [-0.15, -0.1) is 0 Å². The van der Waals surface area contributed by atoms with Gasteiger partial charge >= 0.3 is 0 Å². The number of ether oxygens (including phenoxy) is 2. The van der Waals surface area contributed by atoms with Gasteiger partial charge in [-0.3, -0.25) is 0 Å². The molecule has 0 saturated carbocycles. The molecular weight excluding hydrogens is 281 g/mol. The van der Waals surface area contributed by atoms with Gasteiger partial charge in [0.05, 0.1) is 12.7 Å². The van der Waals surface area contributed by atoms with E-state index in [2.05, 4.69) is 5.32 Å². The van der Waals surface area contributed by atoms with Gasteiger partial charge in [0.25, 0.3) is 0 Å². The maximum absolute atomic E-state index is 13.5. The third kappa shape index (κ3) is 4.42. The Hall–Kier alpha value is -0.680. The van der Waals surface area contributed by atoms with Gasteiger partial charge < -0.3 is 14.8 Å². The summed E-state index contributed by atoms with van der Waals surface area (Å²) in [5.74, 6) is 0.0197. The summed E-state index contributed by atoms with van der Waals surface area (Å²) in [5, 5.41) is 3.77. The van der Waals surface area contributed by atoms with Crippen LogP contribution in [-0.2, 0) is 9.47 Å². The van der Waals surface area contributed by atoms with Crippen molar-refractivity contribution < 1.29 is 13.9 Å². The van der Waals surface area contributed by atoms with Crippen LogP contribution in [0.25, 0.3) is 0 Å². The van der Waals surface area contributed by atoms with Crippen LogP contribution in [0.5, 0.6) is 0 Å². The van der Waals surface area contributed by atoms with E-state index < -0.39 is 0 Å². The van der Waals surface area contributed by atoms with E-state index in [9.17, 15) is 4.39 Å². The highest BCUT2D eigenvalue weighted by Gasteiger charge is 2.27. The molecule has 2 rings (SSSR count). The zero-order chi connectivity index (χ0) is 14.4. The Bertz CT molecular complexity index is 410. The van der Waals surface area contributed by atoms with Crippen molar-refractivity contribution in [1.82, 2.24) is 5.32 Å². The van der Waals surface area contributed by atoms with Crippen LogP contribution in [0, 0.1) is 11.7 Å². The van der Waals surface area contributed by atoms with E-state index in [1.54, 1.807) is 13.2 Å². The molecule has 1 fully saturated rings. The molecule has 1 N–H and O–H groups in total. The minimum Gasteiger partial charge on any atom is -0.383 e. The molecular formula is C15H21ClFNO2. The highest BCUT2D eigenvalue weighted by molar-refractivity contribution is 6.30. The lowest BCUT2D eigenvalue weighted by atomic mass is 9.89. The molecule has 0 aromatic heterocycles. The van der Waals surface area contributed by atoms with Crippen LogP contribution in [0.15, 0.2) is 18.2 Å². The normalized spacial score (nSPS) is 22.9. The second-order valence-corrected chi connectivity index (χ2v) is 5.53. The van der Waals surface area contributed by atoms with E-state index >= 15 is 0 Å². The Morgan fingerprint density at radius 1 is 1.45 bits per heavy atom. The summed E-state index contributed by atoms with van der Waals surface area (Å²) in [7, 11) is 1.68. The van der Waals surface area contributed by atoms with Crippen LogP contribution in [-0.4, -0.2) is 33.4 Å². The number of nitrogens with one attached hydrogen (secondary N) is 1. The first-order valence-corrected chi connectivity index (χ1v) is 7.35. The Balaban J connectivity index is 2.02. The quantitative estimate of drug-likeness (QED) is 0.819. The molecule has 1 heterocycles. The maximum atomic E-state index is 13.5. The molecule has 112 valence electrons. The Kier molecular flexibility index (Phi) is 6.23. The van der Waals surface area contributed by atoms with Crippen LogP contribution in [0.2, 0.25) is 5.02 Å². The lowest BCUT2D eigenvalue weighted by Crippen LogP contribution is -2.33. The molecule has 1 saturated heterocycles. The van der Waals surface area contributed by atoms with Crippen LogP contribution in [0.4, 0.5) is 4.39 Å². The molecule has 0 amide bonds. The molecule has 2 atom stereocenters. The SMILES string of the molecule is COCCNCC1CCCOC1c1cc(F)cc(Cl)c1. The van der Waals surface area contributed by atoms with Gasteiger partial charge in [0, 0.05) is 37.7 Å². The van der Waals surface area contributed by atoms with Crippen molar-refractivity contribution in [2.45, 2.75) is 18.9 Å². The van der Waals surface area contributed by atoms with Crippen molar-refractivity contribution in [2.75, 3.05) is 33.4 Å². The summed E-state index contributed by atoms with van der Waals surface area (Å²) in [6.07, 6.45) is 2.02. The van der Waals surface area contributed by atoms with Gasteiger partial charge in [0.2, 0.25) is 0 Å². The first-order chi connectivity index (χ1) is 9.70. The van der Waals surface area contributed by atoms with E-state index in [1.807, 2.05) is 0 Å². The minimum atomic E-state index is -0.312. The van der Waals surface area contributed by atoms with Crippen molar-refractivity contribution in [1.29, 1.82) is 0 Å². The van der Waals surface area contributed by atoms with Gasteiger partial charge in [-0.1, -0.05) is 11.6 Å².